The van der Waals surface area contributed by atoms with Gasteiger partial charge in [-0.05, 0) is 24.8 Å². The maximum atomic E-state index is 9.28. The fraction of sp³-hybridized carbons (Fsp3) is 0.600. The van der Waals surface area contributed by atoms with Crippen LogP contribution in [-0.4, -0.2) is 55.7 Å². The maximum Gasteiger partial charge on any atom is 0.490 e. The predicted octanol–water partition coefficient (Wildman–Crippen LogP) is -0.142. The molecule has 124 valence electrons. The summed E-state index contributed by atoms with van der Waals surface area (Å²) in [5.74, 6) is 1.12. The van der Waals surface area contributed by atoms with E-state index in [0.29, 0.717) is 17.3 Å². The minimum absolute atomic E-state index is 0.176. The molecule has 1 saturated heterocycles. The van der Waals surface area contributed by atoms with Crippen LogP contribution in [-0.2, 0) is 9.47 Å². The number of piperidine rings is 1. The minimum Gasteiger partial charge on any atom is -0.423 e. The van der Waals surface area contributed by atoms with E-state index in [1.165, 1.54) is 12.3 Å². The lowest BCUT2D eigenvalue weighted by Gasteiger charge is -2.34. The van der Waals surface area contributed by atoms with Gasteiger partial charge in [0.05, 0.1) is 5.56 Å². The molecular weight excluding hydrogens is 297 g/mol. The molecule has 1 aliphatic rings. The Morgan fingerprint density at radius 1 is 1.39 bits per heavy atom. The largest absolute Gasteiger partial charge is 0.490 e. The zero-order chi connectivity index (χ0) is 16.8. The van der Waals surface area contributed by atoms with E-state index < -0.39 is 7.12 Å². The lowest BCUT2D eigenvalue weighted by molar-refractivity contribution is -0.115. The second-order valence-electron chi connectivity index (χ2n) is 5.69. The first-order valence-corrected chi connectivity index (χ1v) is 7.65. The summed E-state index contributed by atoms with van der Waals surface area (Å²) in [6.45, 7) is 1.60. The summed E-state index contributed by atoms with van der Waals surface area (Å²) in [5, 5.41) is 27.6. The van der Waals surface area contributed by atoms with Crippen molar-refractivity contribution in [2.75, 3.05) is 32.2 Å². The number of pyridine rings is 1. The molecule has 8 heteroatoms. The van der Waals surface area contributed by atoms with Crippen LogP contribution in [0, 0.1) is 17.2 Å². The second kappa shape index (κ2) is 8.27. The molecule has 0 aromatic carbocycles. The van der Waals surface area contributed by atoms with E-state index in [1.807, 2.05) is 0 Å². The highest BCUT2D eigenvalue weighted by atomic mass is 16.7. The quantitative estimate of drug-likeness (QED) is 0.556. The Morgan fingerprint density at radius 3 is 2.57 bits per heavy atom. The highest BCUT2D eigenvalue weighted by molar-refractivity contribution is 6.58. The number of methoxy groups -OCH3 is 2. The molecule has 0 bridgehead atoms. The van der Waals surface area contributed by atoms with E-state index in [4.69, 9.17) is 9.47 Å². The van der Waals surface area contributed by atoms with Gasteiger partial charge in [0, 0.05) is 45.4 Å². The van der Waals surface area contributed by atoms with Crippen LogP contribution in [0.2, 0.25) is 0 Å². The third kappa shape index (κ3) is 4.42. The zero-order valence-electron chi connectivity index (χ0n) is 13.5. The lowest BCUT2D eigenvalue weighted by Crippen LogP contribution is -2.37. The molecular formula is C15H22BN3O4. The average molecular weight is 319 g/mol. The number of hydrogen-bond donors (Lipinski definition) is 2. The summed E-state index contributed by atoms with van der Waals surface area (Å²) >= 11 is 0. The molecule has 0 spiro atoms. The third-order valence-electron chi connectivity index (χ3n) is 4.27. The summed E-state index contributed by atoms with van der Waals surface area (Å²) in [6.07, 6.45) is 4.03. The van der Waals surface area contributed by atoms with Crippen LogP contribution in [0.15, 0.2) is 12.3 Å². The molecule has 2 N–H and O–H groups in total. The number of rotatable bonds is 6. The molecule has 0 saturated carbocycles. The first-order chi connectivity index (χ1) is 11.1. The molecule has 0 aliphatic carbocycles. The molecule has 0 unspecified atom stereocenters. The number of aromatic nitrogens is 1. The Bertz CT molecular complexity index is 552. The van der Waals surface area contributed by atoms with Gasteiger partial charge >= 0.3 is 7.12 Å². The van der Waals surface area contributed by atoms with Crippen molar-refractivity contribution in [3.63, 3.8) is 0 Å². The molecule has 1 fully saturated rings. The van der Waals surface area contributed by atoms with Crippen molar-refractivity contribution in [2.45, 2.75) is 25.6 Å². The van der Waals surface area contributed by atoms with E-state index in [-0.39, 0.29) is 11.8 Å². The van der Waals surface area contributed by atoms with Crippen LogP contribution >= 0.6 is 0 Å². The topological polar surface area (TPSA) is 98.8 Å². The van der Waals surface area contributed by atoms with Gasteiger partial charge in [-0.15, -0.1) is 0 Å². The van der Waals surface area contributed by atoms with Gasteiger partial charge in [-0.1, -0.05) is 0 Å². The Balaban J connectivity index is 2.01. The first-order valence-electron chi connectivity index (χ1n) is 7.65. The van der Waals surface area contributed by atoms with Crippen molar-refractivity contribution >= 4 is 18.4 Å². The Kier molecular flexibility index (Phi) is 6.36. The van der Waals surface area contributed by atoms with Crippen LogP contribution < -0.4 is 10.4 Å². The van der Waals surface area contributed by atoms with Gasteiger partial charge in [-0.3, -0.25) is 0 Å². The highest BCUT2D eigenvalue weighted by Crippen LogP contribution is 2.27. The number of anilines is 1. The molecule has 0 radical (unpaired) electrons. The molecule has 0 atom stereocenters. The summed E-state index contributed by atoms with van der Waals surface area (Å²) in [4.78, 5) is 6.31. The summed E-state index contributed by atoms with van der Waals surface area (Å²) in [5.41, 5.74) is 0.587. The van der Waals surface area contributed by atoms with Crippen molar-refractivity contribution in [3.8, 4) is 6.07 Å². The Morgan fingerprint density at radius 2 is 2.04 bits per heavy atom. The van der Waals surface area contributed by atoms with Gasteiger partial charge < -0.3 is 24.4 Å². The smallest absolute Gasteiger partial charge is 0.423 e. The van der Waals surface area contributed by atoms with Crippen molar-refractivity contribution in [1.29, 1.82) is 5.26 Å². The normalized spacial score (nSPS) is 15.7. The molecule has 0 amide bonds. The zero-order valence-corrected chi connectivity index (χ0v) is 13.5. The van der Waals surface area contributed by atoms with E-state index >= 15 is 0 Å². The molecule has 1 aliphatic heterocycles. The van der Waals surface area contributed by atoms with Gasteiger partial charge in [0.1, 0.15) is 11.9 Å². The monoisotopic (exact) mass is 319 g/mol. The Hall–Kier alpha value is -1.66. The van der Waals surface area contributed by atoms with E-state index in [1.54, 1.807) is 14.2 Å². The fourth-order valence-corrected chi connectivity index (χ4v) is 2.89. The Labute approximate surface area is 136 Å². The summed E-state index contributed by atoms with van der Waals surface area (Å²) in [7, 11) is 1.67. The maximum absolute atomic E-state index is 9.28. The van der Waals surface area contributed by atoms with E-state index in [2.05, 4.69) is 16.0 Å². The number of nitriles is 1. The first kappa shape index (κ1) is 17.7. The van der Waals surface area contributed by atoms with Gasteiger partial charge in [-0.2, -0.15) is 5.26 Å². The van der Waals surface area contributed by atoms with Crippen LogP contribution in [0.25, 0.3) is 0 Å². The molecule has 1 aromatic heterocycles. The van der Waals surface area contributed by atoms with Crippen molar-refractivity contribution in [1.82, 2.24) is 4.98 Å². The van der Waals surface area contributed by atoms with E-state index in [9.17, 15) is 15.3 Å². The third-order valence-corrected chi connectivity index (χ3v) is 4.27. The fourth-order valence-electron chi connectivity index (χ4n) is 2.89. The van der Waals surface area contributed by atoms with Crippen LogP contribution in [0.4, 0.5) is 5.82 Å². The number of nitrogens with zero attached hydrogens (tertiary/aromatic N) is 3. The molecule has 7 nitrogen and oxygen atoms in total. The van der Waals surface area contributed by atoms with Gasteiger partial charge in [0.2, 0.25) is 0 Å². The highest BCUT2D eigenvalue weighted by Gasteiger charge is 2.25. The SMILES string of the molecule is COC(CC1CCN(c2ncc(B(O)O)cc2C#N)CC1)OC. The number of hydrogen-bond acceptors (Lipinski definition) is 7. The van der Waals surface area contributed by atoms with Crippen molar-refractivity contribution < 1.29 is 19.5 Å². The van der Waals surface area contributed by atoms with E-state index in [0.717, 1.165) is 32.4 Å². The molecule has 23 heavy (non-hydrogen) atoms. The summed E-state index contributed by atoms with van der Waals surface area (Å²) < 4.78 is 10.5. The second-order valence-corrected chi connectivity index (χ2v) is 5.69. The molecule has 2 heterocycles. The molecule has 2 rings (SSSR count). The summed E-state index contributed by atoms with van der Waals surface area (Å²) in [6, 6.07) is 3.56. The van der Waals surface area contributed by atoms with Crippen LogP contribution in [0.3, 0.4) is 0 Å². The molecule has 1 aromatic rings. The van der Waals surface area contributed by atoms with Gasteiger partial charge in [-0.25, -0.2) is 4.98 Å². The minimum atomic E-state index is -1.62. The van der Waals surface area contributed by atoms with Crippen LogP contribution in [0.5, 0.6) is 0 Å². The van der Waals surface area contributed by atoms with Crippen molar-refractivity contribution in [3.05, 3.63) is 17.8 Å². The van der Waals surface area contributed by atoms with Crippen molar-refractivity contribution in [2.24, 2.45) is 5.92 Å². The average Bonchev–Trinajstić information content (AvgIpc) is 2.59. The number of ether oxygens (including phenoxy) is 2. The standard InChI is InChI=1S/C15H22BN3O4/c1-22-14(23-2)7-11-3-5-19(6-4-11)15-12(9-17)8-13(10-18-15)16(20)21/h8,10-11,14,20-21H,3-7H2,1-2H3. The van der Waals surface area contributed by atoms with Gasteiger partial charge in [0.25, 0.3) is 0 Å². The van der Waals surface area contributed by atoms with Crippen LogP contribution in [0.1, 0.15) is 24.8 Å². The predicted molar refractivity (Wildman–Crippen MR) is 86.1 cm³/mol. The van der Waals surface area contributed by atoms with Gasteiger partial charge in [0.15, 0.2) is 6.29 Å². The lowest BCUT2D eigenvalue weighted by atomic mass is 9.81.